The lowest BCUT2D eigenvalue weighted by Gasteiger charge is -2.11. The van der Waals surface area contributed by atoms with Crippen molar-refractivity contribution in [3.63, 3.8) is 0 Å². The number of hydrogen-bond acceptors (Lipinski definition) is 7. The van der Waals surface area contributed by atoms with E-state index in [-0.39, 0.29) is 28.7 Å². The SMILES string of the molecule is COc1cc([N+](=O)[O-])cc2cc(C(=O)N/N=C\c3cc(C)n(NC(=O)c4ccccc4)c3C)oc12. The molecule has 2 heterocycles. The van der Waals surface area contributed by atoms with Crippen molar-refractivity contribution < 1.29 is 23.7 Å². The van der Waals surface area contributed by atoms with E-state index in [4.69, 9.17) is 9.15 Å². The van der Waals surface area contributed by atoms with Crippen molar-refractivity contribution in [2.45, 2.75) is 13.8 Å². The van der Waals surface area contributed by atoms with Gasteiger partial charge in [-0.15, -0.1) is 0 Å². The molecule has 0 aliphatic heterocycles. The third-order valence-electron chi connectivity index (χ3n) is 5.31. The quantitative estimate of drug-likeness (QED) is 0.236. The number of furan rings is 1. The maximum atomic E-state index is 12.5. The van der Waals surface area contributed by atoms with Crippen LogP contribution in [0.2, 0.25) is 0 Å². The number of methoxy groups -OCH3 is 1. The van der Waals surface area contributed by atoms with Gasteiger partial charge in [-0.2, -0.15) is 5.10 Å². The molecule has 2 N–H and O–H groups in total. The van der Waals surface area contributed by atoms with Gasteiger partial charge < -0.3 is 9.15 Å². The van der Waals surface area contributed by atoms with E-state index in [0.29, 0.717) is 22.2 Å². The summed E-state index contributed by atoms with van der Waals surface area (Å²) in [5.41, 5.74) is 7.92. The van der Waals surface area contributed by atoms with Crippen molar-refractivity contribution in [3.8, 4) is 5.75 Å². The highest BCUT2D eigenvalue weighted by atomic mass is 16.6. The molecule has 2 aromatic heterocycles. The number of hydrogen-bond donors (Lipinski definition) is 2. The first kappa shape index (κ1) is 23.2. The first-order chi connectivity index (χ1) is 16.8. The zero-order valence-corrected chi connectivity index (χ0v) is 19.1. The molecule has 35 heavy (non-hydrogen) atoms. The van der Waals surface area contributed by atoms with Gasteiger partial charge in [0.2, 0.25) is 0 Å². The summed E-state index contributed by atoms with van der Waals surface area (Å²) in [7, 11) is 1.35. The number of nitrogens with one attached hydrogen (secondary N) is 2. The third-order valence-corrected chi connectivity index (χ3v) is 5.31. The van der Waals surface area contributed by atoms with Gasteiger partial charge in [0.25, 0.3) is 11.6 Å². The average molecular weight is 475 g/mol. The van der Waals surface area contributed by atoms with Crippen molar-refractivity contribution in [3.05, 3.63) is 93.0 Å². The predicted octanol–water partition coefficient (Wildman–Crippen LogP) is 3.92. The number of rotatable bonds is 7. The molecule has 178 valence electrons. The summed E-state index contributed by atoms with van der Waals surface area (Å²) in [6.07, 6.45) is 1.44. The molecule has 2 amide bonds. The highest BCUT2D eigenvalue weighted by Gasteiger charge is 2.19. The first-order valence-corrected chi connectivity index (χ1v) is 10.4. The number of nitro groups is 1. The second kappa shape index (κ2) is 9.51. The van der Waals surface area contributed by atoms with Crippen LogP contribution >= 0.6 is 0 Å². The third kappa shape index (κ3) is 4.74. The summed E-state index contributed by atoms with van der Waals surface area (Å²) in [5.74, 6) is -0.851. The van der Waals surface area contributed by atoms with Gasteiger partial charge in [-0.3, -0.25) is 29.8 Å². The highest BCUT2D eigenvalue weighted by Crippen LogP contribution is 2.33. The van der Waals surface area contributed by atoms with Gasteiger partial charge in [-0.25, -0.2) is 5.43 Å². The van der Waals surface area contributed by atoms with Gasteiger partial charge in [0.1, 0.15) is 0 Å². The first-order valence-electron chi connectivity index (χ1n) is 10.4. The number of ether oxygens (including phenoxy) is 1. The molecule has 11 nitrogen and oxygen atoms in total. The lowest BCUT2D eigenvalue weighted by atomic mass is 10.2. The second-order valence-corrected chi connectivity index (χ2v) is 7.60. The molecule has 2 aromatic carbocycles. The summed E-state index contributed by atoms with van der Waals surface area (Å²) < 4.78 is 12.3. The van der Waals surface area contributed by atoms with Crippen molar-refractivity contribution in [2.75, 3.05) is 12.5 Å². The van der Waals surface area contributed by atoms with Crippen molar-refractivity contribution in [1.82, 2.24) is 10.1 Å². The van der Waals surface area contributed by atoms with Crippen LogP contribution in [0.4, 0.5) is 5.69 Å². The van der Waals surface area contributed by atoms with Gasteiger partial charge in [0.05, 0.1) is 24.3 Å². The van der Waals surface area contributed by atoms with Crippen LogP contribution in [0.15, 0.2) is 64.1 Å². The Hall–Kier alpha value is -4.93. The number of aromatic nitrogens is 1. The minimum Gasteiger partial charge on any atom is -0.493 e. The van der Waals surface area contributed by atoms with E-state index in [1.54, 1.807) is 41.9 Å². The molecular weight excluding hydrogens is 454 g/mol. The topological polar surface area (TPSA) is 141 Å². The van der Waals surface area contributed by atoms with E-state index in [9.17, 15) is 19.7 Å². The fourth-order valence-electron chi connectivity index (χ4n) is 3.54. The maximum absolute atomic E-state index is 12.5. The van der Waals surface area contributed by atoms with Crippen LogP contribution in [0.25, 0.3) is 11.0 Å². The van der Waals surface area contributed by atoms with E-state index in [1.807, 2.05) is 13.0 Å². The molecular formula is C24H21N5O6. The van der Waals surface area contributed by atoms with Gasteiger partial charge >= 0.3 is 5.91 Å². The molecule has 0 saturated heterocycles. The minimum atomic E-state index is -0.645. The Kier molecular flexibility index (Phi) is 6.32. The molecule has 4 aromatic rings. The Balaban J connectivity index is 1.49. The largest absolute Gasteiger partial charge is 0.493 e. The Bertz CT molecular complexity index is 1470. The maximum Gasteiger partial charge on any atom is 0.307 e. The number of nitro benzene ring substituents is 1. The average Bonchev–Trinajstić information content (AvgIpc) is 3.40. The molecule has 4 rings (SSSR count). The molecule has 0 saturated carbocycles. The summed E-state index contributed by atoms with van der Waals surface area (Å²) in [6, 6.07) is 14.5. The minimum absolute atomic E-state index is 0.0865. The molecule has 0 radical (unpaired) electrons. The van der Waals surface area contributed by atoms with Gasteiger partial charge in [-0.1, -0.05) is 18.2 Å². The molecule has 0 unspecified atom stereocenters. The van der Waals surface area contributed by atoms with E-state index in [1.165, 1.54) is 31.5 Å². The van der Waals surface area contributed by atoms with Crippen molar-refractivity contribution in [1.29, 1.82) is 0 Å². The number of aryl methyl sites for hydroxylation is 1. The smallest absolute Gasteiger partial charge is 0.307 e. The van der Waals surface area contributed by atoms with E-state index < -0.39 is 10.8 Å². The zero-order valence-electron chi connectivity index (χ0n) is 19.1. The Labute approximate surface area is 199 Å². The Morgan fingerprint density at radius 2 is 1.86 bits per heavy atom. The van der Waals surface area contributed by atoms with Crippen LogP contribution in [0.1, 0.15) is 37.9 Å². The second-order valence-electron chi connectivity index (χ2n) is 7.60. The van der Waals surface area contributed by atoms with Crippen LogP contribution in [-0.2, 0) is 0 Å². The summed E-state index contributed by atoms with van der Waals surface area (Å²) in [6.45, 7) is 3.63. The number of non-ortho nitro benzene ring substituents is 1. The van der Waals surface area contributed by atoms with Crippen LogP contribution in [0.3, 0.4) is 0 Å². The van der Waals surface area contributed by atoms with Crippen LogP contribution in [0.5, 0.6) is 5.75 Å². The fourth-order valence-corrected chi connectivity index (χ4v) is 3.54. The monoisotopic (exact) mass is 475 g/mol. The lowest BCUT2D eigenvalue weighted by Crippen LogP contribution is -2.24. The fraction of sp³-hybridized carbons (Fsp3) is 0.125. The molecule has 0 aliphatic carbocycles. The van der Waals surface area contributed by atoms with Crippen LogP contribution in [0, 0.1) is 24.0 Å². The lowest BCUT2D eigenvalue weighted by molar-refractivity contribution is -0.384. The summed E-state index contributed by atoms with van der Waals surface area (Å²) >= 11 is 0. The van der Waals surface area contributed by atoms with Gasteiger partial charge in [0.15, 0.2) is 17.1 Å². The van der Waals surface area contributed by atoms with E-state index in [0.717, 1.165) is 5.69 Å². The van der Waals surface area contributed by atoms with Gasteiger partial charge in [-0.05, 0) is 38.1 Å². The molecule has 0 atom stereocenters. The standard InChI is InChI=1S/C24H21N5O6/c1-14-9-18(15(2)28(14)27-23(30)16-7-5-4-6-8-16)13-25-26-24(31)21-11-17-10-19(29(32)33)12-20(34-3)22(17)35-21/h4-13H,1-3H3,(H,26,31)(H,27,30)/b25-13-. The molecule has 0 aliphatic rings. The molecule has 0 fully saturated rings. The summed E-state index contributed by atoms with van der Waals surface area (Å²) in [5, 5.41) is 15.4. The molecule has 11 heteroatoms. The number of nitrogens with zero attached hydrogens (tertiary/aromatic N) is 3. The number of fused-ring (bicyclic) bond motifs is 1. The van der Waals surface area contributed by atoms with Crippen molar-refractivity contribution in [2.24, 2.45) is 5.10 Å². The number of hydrazone groups is 1. The van der Waals surface area contributed by atoms with E-state index >= 15 is 0 Å². The molecule has 0 bridgehead atoms. The Morgan fingerprint density at radius 3 is 2.54 bits per heavy atom. The summed E-state index contributed by atoms with van der Waals surface area (Å²) in [4.78, 5) is 35.6. The van der Waals surface area contributed by atoms with Crippen LogP contribution < -0.4 is 15.6 Å². The van der Waals surface area contributed by atoms with Crippen molar-refractivity contribution >= 4 is 34.7 Å². The normalized spacial score (nSPS) is 11.1. The Morgan fingerprint density at radius 1 is 1.11 bits per heavy atom. The van der Waals surface area contributed by atoms with Gasteiger partial charge in [0, 0.05) is 34.0 Å². The van der Waals surface area contributed by atoms with E-state index in [2.05, 4.69) is 16.0 Å². The number of benzene rings is 2. The number of carbonyl (C=O) groups excluding carboxylic acids is 2. The predicted molar refractivity (Wildman–Crippen MR) is 129 cm³/mol. The number of amides is 2. The van der Waals surface area contributed by atoms with Crippen LogP contribution in [-0.4, -0.2) is 34.7 Å². The zero-order chi connectivity index (χ0) is 25.1. The number of carbonyl (C=O) groups is 2. The highest BCUT2D eigenvalue weighted by molar-refractivity contribution is 6.00. The molecule has 0 spiro atoms.